The second-order valence-corrected chi connectivity index (χ2v) is 7.44. The zero-order valence-electron chi connectivity index (χ0n) is 18.0. The van der Waals surface area contributed by atoms with E-state index in [1.54, 1.807) is 54.6 Å². The van der Waals surface area contributed by atoms with E-state index >= 15 is 0 Å². The van der Waals surface area contributed by atoms with Gasteiger partial charge in [0.05, 0.1) is 12.0 Å². The van der Waals surface area contributed by atoms with Crippen LogP contribution in [0.15, 0.2) is 77.8 Å². The Balaban J connectivity index is 1.77. The van der Waals surface area contributed by atoms with Gasteiger partial charge in [-0.1, -0.05) is 60.7 Å². The van der Waals surface area contributed by atoms with E-state index in [9.17, 15) is 22.8 Å². The number of rotatable bonds is 8. The molecule has 0 spiro atoms. The number of benzene rings is 3. The van der Waals surface area contributed by atoms with Gasteiger partial charge in [0, 0.05) is 24.2 Å². The van der Waals surface area contributed by atoms with Gasteiger partial charge in [-0.2, -0.15) is 18.2 Å². The molecule has 0 aliphatic rings. The third-order valence-electron chi connectivity index (χ3n) is 4.97. The van der Waals surface area contributed by atoms with Gasteiger partial charge in [0.25, 0.3) is 5.91 Å². The van der Waals surface area contributed by atoms with Gasteiger partial charge in [-0.05, 0) is 28.8 Å². The Labute approximate surface area is 193 Å². The van der Waals surface area contributed by atoms with E-state index in [-0.39, 0.29) is 23.4 Å². The topological polar surface area (TPSA) is 105 Å². The highest BCUT2D eigenvalue weighted by atomic mass is 19.4. The van der Waals surface area contributed by atoms with Gasteiger partial charge >= 0.3 is 12.1 Å². The van der Waals surface area contributed by atoms with Crippen molar-refractivity contribution in [1.82, 2.24) is 5.32 Å². The summed E-state index contributed by atoms with van der Waals surface area (Å²) in [5.74, 6) is -1.91. The molecule has 0 atom stereocenters. The van der Waals surface area contributed by atoms with Crippen LogP contribution in [-0.2, 0) is 17.5 Å². The molecule has 0 aliphatic carbocycles. The SMILES string of the molecule is NC(=NC(=O)c1ccc(-c2ccccc2)c(C(F)(F)F)c1)c1ccc(CNCCC(=O)O)cc1. The number of carbonyl (C=O) groups is 2. The molecule has 34 heavy (non-hydrogen) atoms. The van der Waals surface area contributed by atoms with E-state index in [1.165, 1.54) is 12.1 Å². The number of amidine groups is 1. The molecule has 0 heterocycles. The summed E-state index contributed by atoms with van der Waals surface area (Å²) in [6.07, 6.45) is -4.66. The van der Waals surface area contributed by atoms with Crippen LogP contribution in [0.3, 0.4) is 0 Å². The standard InChI is InChI=1S/C25H22F3N3O3/c26-25(27,28)21-14-19(10-11-20(21)17-4-2-1-3-5-17)24(34)31-23(29)18-8-6-16(7-9-18)15-30-13-12-22(32)33/h1-11,14,30H,12-13,15H2,(H,32,33)(H2,29,31,34). The second-order valence-electron chi connectivity index (χ2n) is 7.44. The number of nitrogens with zero attached hydrogens (tertiary/aromatic N) is 1. The maximum atomic E-state index is 13.7. The van der Waals surface area contributed by atoms with Crippen molar-refractivity contribution in [3.8, 4) is 11.1 Å². The maximum Gasteiger partial charge on any atom is 0.417 e. The summed E-state index contributed by atoms with van der Waals surface area (Å²) in [5.41, 5.74) is 6.39. The fourth-order valence-corrected chi connectivity index (χ4v) is 3.24. The summed E-state index contributed by atoms with van der Waals surface area (Å²) in [5, 5.41) is 11.6. The molecule has 0 saturated carbocycles. The summed E-state index contributed by atoms with van der Waals surface area (Å²) in [4.78, 5) is 26.9. The molecule has 0 unspecified atom stereocenters. The van der Waals surface area contributed by atoms with Crippen LogP contribution in [0.25, 0.3) is 11.1 Å². The van der Waals surface area contributed by atoms with Crippen molar-refractivity contribution in [3.05, 3.63) is 95.1 Å². The molecular formula is C25H22F3N3O3. The first-order chi connectivity index (χ1) is 16.1. The Kier molecular flexibility index (Phi) is 7.80. The van der Waals surface area contributed by atoms with Gasteiger partial charge in [0.2, 0.25) is 0 Å². The summed E-state index contributed by atoms with van der Waals surface area (Å²) < 4.78 is 41.1. The molecule has 176 valence electrons. The van der Waals surface area contributed by atoms with Crippen molar-refractivity contribution < 1.29 is 27.9 Å². The predicted octanol–water partition coefficient (Wildman–Crippen LogP) is 4.48. The van der Waals surface area contributed by atoms with E-state index in [4.69, 9.17) is 10.8 Å². The van der Waals surface area contributed by atoms with Gasteiger partial charge in [-0.15, -0.1) is 0 Å². The smallest absolute Gasteiger partial charge is 0.417 e. The maximum absolute atomic E-state index is 13.7. The fourth-order valence-electron chi connectivity index (χ4n) is 3.24. The Hall–Kier alpha value is -3.98. The van der Waals surface area contributed by atoms with Crippen LogP contribution in [0.4, 0.5) is 13.2 Å². The number of halogens is 3. The number of nitrogens with two attached hydrogens (primary N) is 1. The molecule has 0 saturated heterocycles. The van der Waals surface area contributed by atoms with Crippen LogP contribution >= 0.6 is 0 Å². The summed E-state index contributed by atoms with van der Waals surface area (Å²) >= 11 is 0. The highest BCUT2D eigenvalue weighted by Crippen LogP contribution is 2.37. The van der Waals surface area contributed by atoms with Crippen molar-refractivity contribution in [1.29, 1.82) is 0 Å². The van der Waals surface area contributed by atoms with E-state index in [0.29, 0.717) is 24.2 Å². The molecule has 3 aromatic rings. The zero-order chi connectivity index (χ0) is 24.7. The molecule has 3 rings (SSSR count). The molecule has 6 nitrogen and oxygen atoms in total. The molecule has 4 N–H and O–H groups in total. The fraction of sp³-hybridized carbons (Fsp3) is 0.160. The van der Waals surface area contributed by atoms with Crippen LogP contribution in [-0.4, -0.2) is 29.4 Å². The van der Waals surface area contributed by atoms with Gasteiger partial charge in [-0.25, -0.2) is 0 Å². The number of aliphatic carboxylic acids is 1. The molecule has 0 bridgehead atoms. The summed E-state index contributed by atoms with van der Waals surface area (Å²) in [6, 6.07) is 18.1. The molecule has 9 heteroatoms. The van der Waals surface area contributed by atoms with Crippen molar-refractivity contribution >= 4 is 17.7 Å². The van der Waals surface area contributed by atoms with Crippen LogP contribution < -0.4 is 11.1 Å². The molecule has 3 aromatic carbocycles. The number of carbonyl (C=O) groups excluding carboxylic acids is 1. The number of amides is 1. The number of hydrogen-bond acceptors (Lipinski definition) is 3. The summed E-state index contributed by atoms with van der Waals surface area (Å²) in [7, 11) is 0. The normalized spacial score (nSPS) is 11.9. The van der Waals surface area contributed by atoms with Crippen LogP contribution in [0.5, 0.6) is 0 Å². The molecule has 0 aromatic heterocycles. The van der Waals surface area contributed by atoms with Crippen LogP contribution in [0, 0.1) is 0 Å². The number of hydrogen-bond donors (Lipinski definition) is 3. The third-order valence-corrected chi connectivity index (χ3v) is 4.97. The van der Waals surface area contributed by atoms with Crippen LogP contribution in [0.1, 0.15) is 33.5 Å². The minimum atomic E-state index is -4.66. The van der Waals surface area contributed by atoms with Crippen molar-refractivity contribution in [2.75, 3.05) is 6.54 Å². The monoisotopic (exact) mass is 469 g/mol. The summed E-state index contributed by atoms with van der Waals surface area (Å²) in [6.45, 7) is 0.760. The van der Waals surface area contributed by atoms with Crippen molar-refractivity contribution in [3.63, 3.8) is 0 Å². The first kappa shape index (κ1) is 24.7. The second kappa shape index (κ2) is 10.8. The number of carboxylic acid groups (broad SMARTS) is 1. The lowest BCUT2D eigenvalue weighted by molar-refractivity contribution is -0.137. The Morgan fingerprint density at radius 1 is 0.941 bits per heavy atom. The van der Waals surface area contributed by atoms with E-state index in [0.717, 1.165) is 11.6 Å². The quantitative estimate of drug-likeness (QED) is 0.256. The first-order valence-corrected chi connectivity index (χ1v) is 10.3. The first-order valence-electron chi connectivity index (χ1n) is 10.3. The number of nitrogens with one attached hydrogen (secondary N) is 1. The molecule has 0 radical (unpaired) electrons. The van der Waals surface area contributed by atoms with Gasteiger partial charge in [-0.3, -0.25) is 9.59 Å². The molecular weight excluding hydrogens is 447 g/mol. The van der Waals surface area contributed by atoms with Gasteiger partial charge in [0.15, 0.2) is 0 Å². The number of carboxylic acids is 1. The van der Waals surface area contributed by atoms with Crippen molar-refractivity contribution in [2.24, 2.45) is 10.7 Å². The minimum absolute atomic E-state index is 0.00216. The number of aliphatic imine (C=N–C) groups is 1. The van der Waals surface area contributed by atoms with Crippen LogP contribution in [0.2, 0.25) is 0 Å². The average molecular weight is 469 g/mol. The van der Waals surface area contributed by atoms with E-state index < -0.39 is 23.6 Å². The highest BCUT2D eigenvalue weighted by molar-refractivity contribution is 6.09. The van der Waals surface area contributed by atoms with Gasteiger partial charge < -0.3 is 16.2 Å². The highest BCUT2D eigenvalue weighted by Gasteiger charge is 2.34. The minimum Gasteiger partial charge on any atom is -0.481 e. The Bertz CT molecular complexity index is 1190. The third kappa shape index (κ3) is 6.52. The lowest BCUT2D eigenvalue weighted by Gasteiger charge is -2.14. The predicted molar refractivity (Wildman–Crippen MR) is 122 cm³/mol. The molecule has 1 amide bonds. The van der Waals surface area contributed by atoms with Gasteiger partial charge in [0.1, 0.15) is 5.84 Å². The zero-order valence-corrected chi connectivity index (χ0v) is 18.0. The Morgan fingerprint density at radius 2 is 1.59 bits per heavy atom. The largest absolute Gasteiger partial charge is 0.481 e. The molecule has 0 fully saturated rings. The lowest BCUT2D eigenvalue weighted by atomic mass is 9.97. The molecule has 0 aliphatic heterocycles. The average Bonchev–Trinajstić information content (AvgIpc) is 2.81. The van der Waals surface area contributed by atoms with E-state index in [2.05, 4.69) is 10.3 Å². The van der Waals surface area contributed by atoms with E-state index in [1.807, 2.05) is 0 Å². The Morgan fingerprint density at radius 3 is 2.21 bits per heavy atom. The van der Waals surface area contributed by atoms with Crippen molar-refractivity contribution in [2.45, 2.75) is 19.1 Å². The lowest BCUT2D eigenvalue weighted by Crippen LogP contribution is -2.18. The number of alkyl halides is 3.